The Bertz CT molecular complexity index is 1900. The highest BCUT2D eigenvalue weighted by atomic mass is 31.2. The van der Waals surface area contributed by atoms with E-state index in [2.05, 4.69) is 76.0 Å². The van der Waals surface area contributed by atoms with Crippen LogP contribution < -0.4 is 31.4 Å². The van der Waals surface area contributed by atoms with Gasteiger partial charge in [0.1, 0.15) is 0 Å². The molecule has 6 rings (SSSR count). The molecule has 254 valence electrons. The third-order valence-corrected chi connectivity index (χ3v) is 14.9. The molecule has 0 aliphatic rings. The van der Waals surface area contributed by atoms with E-state index < -0.39 is 26.7 Å². The van der Waals surface area contributed by atoms with Crippen LogP contribution in [0.4, 0.5) is 0 Å². The Hall–Kier alpha value is -4.30. The van der Waals surface area contributed by atoms with Crippen molar-refractivity contribution in [1.29, 1.82) is 0 Å². The number of hydrogen-bond acceptors (Lipinski definition) is 2. The van der Waals surface area contributed by atoms with Crippen LogP contribution in [0.15, 0.2) is 146 Å². The summed E-state index contributed by atoms with van der Waals surface area (Å²) in [6.45, 7) is 12.7. The monoisotopic (exact) mass is 696 g/mol. The van der Waals surface area contributed by atoms with Gasteiger partial charge < -0.3 is 0 Å². The summed E-state index contributed by atoms with van der Waals surface area (Å²) in [4.78, 5) is 0. The summed E-state index contributed by atoms with van der Waals surface area (Å²) >= 11 is 0. The van der Waals surface area contributed by atoms with Crippen LogP contribution in [0.3, 0.4) is 0 Å². The molecule has 6 aromatic carbocycles. The van der Waals surface area contributed by atoms with E-state index in [9.17, 15) is 0 Å². The molecule has 6 aromatic rings. The zero-order chi connectivity index (χ0) is 35.5. The smallest absolute Gasteiger partial charge is 0.205 e. The maximum atomic E-state index is 15.9. The lowest BCUT2D eigenvalue weighted by molar-refractivity contribution is 0.470. The van der Waals surface area contributed by atoms with Gasteiger partial charge in [0.15, 0.2) is 0 Å². The molecule has 2 atom stereocenters. The first-order valence-corrected chi connectivity index (χ1v) is 20.6. The Morgan fingerprint density at radius 3 is 0.820 bits per heavy atom. The summed E-state index contributed by atoms with van der Waals surface area (Å²) in [5.41, 5.74) is 8.70. The van der Waals surface area contributed by atoms with Crippen LogP contribution in [0, 0.1) is 41.5 Å². The lowest BCUT2D eigenvalue weighted by Gasteiger charge is -2.38. The van der Waals surface area contributed by atoms with Gasteiger partial charge in [-0.1, -0.05) is 108 Å². The minimum absolute atomic E-state index is 0.567. The lowest BCUT2D eigenvalue weighted by Crippen LogP contribution is -2.41. The normalized spacial score (nSPS) is 13.2. The highest BCUT2D eigenvalue weighted by Gasteiger charge is 2.41. The fourth-order valence-electron chi connectivity index (χ4n) is 7.51. The molecule has 6 heteroatoms. The number of rotatable bonds is 11. The second kappa shape index (κ2) is 14.9. The molecule has 0 amide bonds. The first-order chi connectivity index (χ1) is 24.0. The van der Waals surface area contributed by atoms with Crippen molar-refractivity contribution >= 4 is 35.8 Å². The average molecular weight is 697 g/mol. The van der Waals surface area contributed by atoms with E-state index in [1.165, 1.54) is 0 Å². The third kappa shape index (κ3) is 7.13. The maximum Gasteiger partial charge on any atom is 0.205 e. The minimum Gasteiger partial charge on any atom is -0.297 e. The van der Waals surface area contributed by atoms with Gasteiger partial charge in [-0.15, -0.1) is 0 Å². The van der Waals surface area contributed by atoms with E-state index in [1.807, 2.05) is 121 Å². The van der Waals surface area contributed by atoms with Crippen LogP contribution in [0.25, 0.3) is 0 Å². The molecule has 0 spiro atoms. The maximum absolute atomic E-state index is 15.9. The van der Waals surface area contributed by atoms with Gasteiger partial charge in [0.05, 0.1) is 12.1 Å². The van der Waals surface area contributed by atoms with E-state index in [1.54, 1.807) is 0 Å². The first kappa shape index (κ1) is 35.5. The Morgan fingerprint density at radius 2 is 0.600 bits per heavy atom. The van der Waals surface area contributed by atoms with Crippen molar-refractivity contribution in [3.63, 3.8) is 0 Å². The molecule has 0 radical (unpaired) electrons. The van der Waals surface area contributed by atoms with Crippen LogP contribution in [0.5, 0.6) is 0 Å². The number of nitrogens with one attached hydrogen (secondary N) is 2. The van der Waals surface area contributed by atoms with Gasteiger partial charge in [0, 0.05) is 21.2 Å². The van der Waals surface area contributed by atoms with Crippen LogP contribution in [-0.4, -0.2) is 0 Å². The van der Waals surface area contributed by atoms with Crippen molar-refractivity contribution in [3.8, 4) is 0 Å². The van der Waals surface area contributed by atoms with Gasteiger partial charge in [-0.3, -0.25) is 19.3 Å². The molecule has 50 heavy (non-hydrogen) atoms. The molecule has 0 aliphatic carbocycles. The van der Waals surface area contributed by atoms with Gasteiger partial charge in [0.25, 0.3) is 0 Å². The minimum atomic E-state index is -3.50. The Kier molecular flexibility index (Phi) is 10.6. The van der Waals surface area contributed by atoms with Crippen molar-refractivity contribution in [2.45, 2.75) is 53.6 Å². The highest BCUT2D eigenvalue weighted by molar-refractivity contribution is 7.77. The van der Waals surface area contributed by atoms with Gasteiger partial charge in [0.2, 0.25) is 14.6 Å². The summed E-state index contributed by atoms with van der Waals surface area (Å²) in [5.74, 6) is 0. The molecule has 0 saturated carbocycles. The molecular weight excluding hydrogens is 650 g/mol. The van der Waals surface area contributed by atoms with Crippen molar-refractivity contribution in [2.75, 3.05) is 0 Å². The lowest BCUT2D eigenvalue weighted by atomic mass is 9.84. The predicted molar refractivity (Wildman–Crippen MR) is 213 cm³/mol. The Balaban J connectivity index is 1.69. The first-order valence-electron chi connectivity index (χ1n) is 17.1. The largest absolute Gasteiger partial charge is 0.297 e. The van der Waals surface area contributed by atoms with Gasteiger partial charge in [-0.25, -0.2) is 0 Å². The fourth-order valence-corrected chi connectivity index (χ4v) is 12.4. The zero-order valence-electron chi connectivity index (χ0n) is 29.7. The van der Waals surface area contributed by atoms with Crippen molar-refractivity contribution in [2.24, 2.45) is 0 Å². The molecule has 4 nitrogen and oxygen atoms in total. The van der Waals surface area contributed by atoms with E-state index in [-0.39, 0.29) is 0 Å². The van der Waals surface area contributed by atoms with Gasteiger partial charge in [-0.05, 0) is 123 Å². The molecule has 2 N–H and O–H groups in total. The van der Waals surface area contributed by atoms with Crippen molar-refractivity contribution in [3.05, 3.63) is 190 Å². The molecule has 0 saturated heterocycles. The number of hydrogen-bond donors (Lipinski definition) is 2. The molecule has 0 aliphatic heterocycles. The second-order valence-electron chi connectivity index (χ2n) is 13.4. The third-order valence-electron chi connectivity index (χ3n) is 9.55. The van der Waals surface area contributed by atoms with Gasteiger partial charge in [-0.2, -0.15) is 0 Å². The molecule has 0 unspecified atom stereocenters. The Labute approximate surface area is 297 Å². The van der Waals surface area contributed by atoms with Crippen molar-refractivity contribution < 1.29 is 9.13 Å². The van der Waals surface area contributed by atoms with E-state index in [0.717, 1.165) is 44.5 Å². The summed E-state index contributed by atoms with van der Waals surface area (Å²) in [6, 6.07) is 46.4. The summed E-state index contributed by atoms with van der Waals surface area (Å²) < 4.78 is 31.9. The van der Waals surface area contributed by atoms with E-state index in [0.29, 0.717) is 21.2 Å². The zero-order valence-corrected chi connectivity index (χ0v) is 31.5. The van der Waals surface area contributed by atoms with Crippen molar-refractivity contribution in [1.82, 2.24) is 10.2 Å². The van der Waals surface area contributed by atoms with Gasteiger partial charge >= 0.3 is 0 Å². The standard InChI is InChI=1S/C44H46N2O2P2/c1-31-27-33(3)41(34(4)28-31)43(45-49(47,37-19-11-7-12-20-37)38-21-13-8-14-22-38)44(42-35(5)29-32(2)30-36(42)6)46-50(48,39-23-15-9-16-24-39)40-25-17-10-18-26-40/h7-30,43-44H,1-6H3,(H,45,47)(H,46,48)/t43-,44-/m1/s1. The molecular formula is C44H46N2O2P2. The molecule has 0 bridgehead atoms. The number of aryl methyl sites for hydroxylation is 6. The SMILES string of the molecule is Cc1cc(C)c([C@@H](NP(=O)(c2ccccc2)c2ccccc2)[C@H](NP(=O)(c2ccccc2)c2ccccc2)c2c(C)cc(C)cc2C)c(C)c1. The van der Waals surface area contributed by atoms with Crippen LogP contribution in [0.1, 0.15) is 56.6 Å². The van der Waals surface area contributed by atoms with Crippen LogP contribution in [-0.2, 0) is 9.13 Å². The van der Waals surface area contributed by atoms with E-state index in [4.69, 9.17) is 0 Å². The van der Waals surface area contributed by atoms with Crippen LogP contribution >= 0.6 is 14.6 Å². The van der Waals surface area contributed by atoms with E-state index >= 15 is 9.13 Å². The molecule has 0 aromatic heterocycles. The molecule has 0 fully saturated rings. The van der Waals surface area contributed by atoms with Crippen LogP contribution in [0.2, 0.25) is 0 Å². The quantitative estimate of drug-likeness (QED) is 0.133. The Morgan fingerprint density at radius 1 is 0.380 bits per heavy atom. The number of benzene rings is 6. The summed E-state index contributed by atoms with van der Waals surface area (Å²) in [5, 5.41) is 10.5. The summed E-state index contributed by atoms with van der Waals surface area (Å²) in [6.07, 6.45) is 0. The second-order valence-corrected chi connectivity index (χ2v) is 18.4. The molecule has 0 heterocycles. The average Bonchev–Trinajstić information content (AvgIpc) is 3.11. The topological polar surface area (TPSA) is 58.2 Å². The summed E-state index contributed by atoms with van der Waals surface area (Å²) in [7, 11) is -7.00. The predicted octanol–water partition coefficient (Wildman–Crippen LogP) is 9.36. The fraction of sp³-hybridized carbons (Fsp3) is 0.182. The highest BCUT2D eigenvalue weighted by Crippen LogP contribution is 2.51.